The van der Waals surface area contributed by atoms with Gasteiger partial charge in [0.1, 0.15) is 5.56 Å². The number of carbonyl (C=O) groups excluding carboxylic acids is 1. The van der Waals surface area contributed by atoms with Crippen LogP contribution in [0.4, 0.5) is 8.78 Å². The average molecular weight is 444 g/mol. The molecule has 7 nitrogen and oxygen atoms in total. The number of rotatable bonds is 7. The van der Waals surface area contributed by atoms with E-state index < -0.39 is 23.0 Å². The van der Waals surface area contributed by atoms with Gasteiger partial charge in [0, 0.05) is 18.8 Å². The SMILES string of the molecule is COc1ccc(CNC(=O)c2cn(C3CC3)c3c(OC)c(F)c(F)cc3c2=O)cc1OC. The molecule has 1 aliphatic rings. The van der Waals surface area contributed by atoms with Gasteiger partial charge in [-0.1, -0.05) is 6.07 Å². The Kier molecular flexibility index (Phi) is 5.73. The van der Waals surface area contributed by atoms with Crippen LogP contribution in [0.5, 0.6) is 17.2 Å². The molecule has 4 rings (SSSR count). The van der Waals surface area contributed by atoms with Crippen molar-refractivity contribution in [3.05, 3.63) is 63.4 Å². The van der Waals surface area contributed by atoms with Gasteiger partial charge in [-0.25, -0.2) is 4.39 Å². The molecule has 32 heavy (non-hydrogen) atoms. The number of aromatic nitrogens is 1. The second-order valence-electron chi connectivity index (χ2n) is 7.48. The van der Waals surface area contributed by atoms with Crippen LogP contribution >= 0.6 is 0 Å². The van der Waals surface area contributed by atoms with E-state index in [0.29, 0.717) is 11.5 Å². The number of nitrogens with one attached hydrogen (secondary N) is 1. The van der Waals surface area contributed by atoms with Crippen LogP contribution in [0.2, 0.25) is 0 Å². The molecular weight excluding hydrogens is 422 g/mol. The zero-order chi connectivity index (χ0) is 23.0. The summed E-state index contributed by atoms with van der Waals surface area (Å²) in [5, 5.41) is 2.60. The topological polar surface area (TPSA) is 78.8 Å². The maximum absolute atomic E-state index is 14.3. The van der Waals surface area contributed by atoms with Gasteiger partial charge in [-0.15, -0.1) is 0 Å². The van der Waals surface area contributed by atoms with E-state index in [4.69, 9.17) is 14.2 Å². The number of nitrogens with zero attached hydrogens (tertiary/aromatic N) is 1. The molecule has 2 aromatic carbocycles. The molecule has 1 saturated carbocycles. The number of fused-ring (bicyclic) bond motifs is 1. The van der Waals surface area contributed by atoms with Gasteiger partial charge in [-0.05, 0) is 36.6 Å². The minimum atomic E-state index is -1.21. The lowest BCUT2D eigenvalue weighted by Crippen LogP contribution is -2.29. The highest BCUT2D eigenvalue weighted by Crippen LogP contribution is 2.40. The van der Waals surface area contributed by atoms with Gasteiger partial charge in [0.15, 0.2) is 23.1 Å². The number of pyridine rings is 1. The van der Waals surface area contributed by atoms with Crippen LogP contribution in [0.25, 0.3) is 10.9 Å². The Morgan fingerprint density at radius 2 is 1.81 bits per heavy atom. The molecule has 0 aliphatic heterocycles. The van der Waals surface area contributed by atoms with Crippen molar-refractivity contribution in [1.82, 2.24) is 9.88 Å². The monoisotopic (exact) mass is 444 g/mol. The summed E-state index contributed by atoms with van der Waals surface area (Å²) in [4.78, 5) is 25.9. The fourth-order valence-electron chi connectivity index (χ4n) is 3.69. The van der Waals surface area contributed by atoms with Crippen LogP contribution in [0.3, 0.4) is 0 Å². The molecule has 0 bridgehead atoms. The number of benzene rings is 2. The third kappa shape index (κ3) is 3.74. The number of amides is 1. The van der Waals surface area contributed by atoms with Crippen LogP contribution in [-0.4, -0.2) is 31.8 Å². The van der Waals surface area contributed by atoms with Crippen molar-refractivity contribution in [2.24, 2.45) is 0 Å². The van der Waals surface area contributed by atoms with Crippen LogP contribution < -0.4 is 25.0 Å². The standard InChI is InChI=1S/C23H22F2N2O5/c1-30-17-7-4-12(8-18(17)31-2)10-26-23(29)15-11-27(13-5-6-13)20-14(21(15)28)9-16(24)19(25)22(20)32-3/h4,7-9,11,13H,5-6,10H2,1-3H3,(H,26,29). The summed E-state index contributed by atoms with van der Waals surface area (Å²) >= 11 is 0. The summed E-state index contributed by atoms with van der Waals surface area (Å²) in [7, 11) is 4.24. The highest BCUT2D eigenvalue weighted by Gasteiger charge is 2.30. The van der Waals surface area contributed by atoms with E-state index in [1.54, 1.807) is 22.8 Å². The molecule has 0 saturated heterocycles. The van der Waals surface area contributed by atoms with Crippen molar-refractivity contribution in [3.63, 3.8) is 0 Å². The second kappa shape index (κ2) is 8.49. The van der Waals surface area contributed by atoms with Crippen molar-refractivity contribution in [3.8, 4) is 17.2 Å². The molecule has 0 atom stereocenters. The first-order chi connectivity index (χ1) is 15.4. The number of carbonyl (C=O) groups is 1. The molecule has 1 heterocycles. The van der Waals surface area contributed by atoms with E-state index in [0.717, 1.165) is 24.5 Å². The summed E-state index contributed by atoms with van der Waals surface area (Å²) in [6.45, 7) is 0.126. The maximum Gasteiger partial charge on any atom is 0.257 e. The highest BCUT2D eigenvalue weighted by atomic mass is 19.2. The van der Waals surface area contributed by atoms with E-state index in [1.165, 1.54) is 27.5 Å². The van der Waals surface area contributed by atoms with Crippen molar-refractivity contribution in [2.45, 2.75) is 25.4 Å². The largest absolute Gasteiger partial charge is 0.493 e. The van der Waals surface area contributed by atoms with E-state index in [1.807, 2.05) is 0 Å². The average Bonchev–Trinajstić information content (AvgIpc) is 3.64. The molecule has 1 aromatic heterocycles. The molecule has 1 fully saturated rings. The molecular formula is C23H22F2N2O5. The molecule has 168 valence electrons. The fourth-order valence-corrected chi connectivity index (χ4v) is 3.69. The summed E-state index contributed by atoms with van der Waals surface area (Å²) in [6, 6.07) is 5.98. The summed E-state index contributed by atoms with van der Waals surface area (Å²) in [5.74, 6) is -2.29. The molecule has 0 spiro atoms. The molecule has 0 radical (unpaired) electrons. The van der Waals surface area contributed by atoms with Crippen LogP contribution in [-0.2, 0) is 6.54 Å². The smallest absolute Gasteiger partial charge is 0.257 e. The highest BCUT2D eigenvalue weighted by molar-refractivity contribution is 5.98. The lowest BCUT2D eigenvalue weighted by molar-refractivity contribution is 0.0949. The summed E-state index contributed by atoms with van der Waals surface area (Å²) in [5.41, 5.74) is 0.0290. The Morgan fingerprint density at radius 3 is 2.44 bits per heavy atom. The van der Waals surface area contributed by atoms with Gasteiger partial charge in [0.2, 0.25) is 11.2 Å². The molecule has 9 heteroatoms. The molecule has 0 unspecified atom stereocenters. The van der Waals surface area contributed by atoms with E-state index >= 15 is 0 Å². The van der Waals surface area contributed by atoms with Crippen molar-refractivity contribution in [2.75, 3.05) is 21.3 Å². The number of methoxy groups -OCH3 is 3. The first kappa shape index (κ1) is 21.6. The minimum absolute atomic E-state index is 0.0192. The Balaban J connectivity index is 1.72. The third-order valence-corrected chi connectivity index (χ3v) is 5.46. The Bertz CT molecular complexity index is 1270. The number of hydrogen-bond donors (Lipinski definition) is 1. The second-order valence-corrected chi connectivity index (χ2v) is 7.48. The van der Waals surface area contributed by atoms with Crippen LogP contribution in [0.15, 0.2) is 35.3 Å². The molecule has 3 aromatic rings. The fraction of sp³-hybridized carbons (Fsp3) is 0.304. The zero-order valence-electron chi connectivity index (χ0n) is 17.8. The maximum atomic E-state index is 14.3. The number of halogens is 2. The number of ether oxygens (including phenoxy) is 3. The Labute approximate surface area is 182 Å². The lowest BCUT2D eigenvalue weighted by atomic mass is 10.1. The van der Waals surface area contributed by atoms with Gasteiger partial charge < -0.3 is 24.1 Å². The Hall–Kier alpha value is -3.62. The number of hydrogen-bond acceptors (Lipinski definition) is 5. The summed E-state index contributed by atoms with van der Waals surface area (Å²) < 4.78 is 45.6. The zero-order valence-corrected chi connectivity index (χ0v) is 17.8. The van der Waals surface area contributed by atoms with Gasteiger partial charge in [-0.2, -0.15) is 4.39 Å². The van der Waals surface area contributed by atoms with Gasteiger partial charge in [0.25, 0.3) is 5.91 Å². The van der Waals surface area contributed by atoms with Crippen LogP contribution in [0, 0.1) is 11.6 Å². The first-order valence-corrected chi connectivity index (χ1v) is 9.99. The van der Waals surface area contributed by atoms with Crippen molar-refractivity contribution in [1.29, 1.82) is 0 Å². The quantitative estimate of drug-likeness (QED) is 0.603. The van der Waals surface area contributed by atoms with E-state index in [9.17, 15) is 18.4 Å². The Morgan fingerprint density at radius 1 is 1.09 bits per heavy atom. The van der Waals surface area contributed by atoms with Gasteiger partial charge >= 0.3 is 0 Å². The predicted molar refractivity (Wildman–Crippen MR) is 114 cm³/mol. The van der Waals surface area contributed by atoms with E-state index in [-0.39, 0.29) is 34.8 Å². The van der Waals surface area contributed by atoms with E-state index in [2.05, 4.69) is 5.32 Å². The molecule has 1 amide bonds. The van der Waals surface area contributed by atoms with Crippen LogP contribution in [0.1, 0.15) is 34.8 Å². The molecule has 1 aliphatic carbocycles. The van der Waals surface area contributed by atoms with Crippen molar-refractivity contribution >= 4 is 16.8 Å². The first-order valence-electron chi connectivity index (χ1n) is 9.99. The summed E-state index contributed by atoms with van der Waals surface area (Å²) in [6.07, 6.45) is 2.99. The normalized spacial score (nSPS) is 13.2. The minimum Gasteiger partial charge on any atom is -0.493 e. The molecule has 1 N–H and O–H groups in total. The van der Waals surface area contributed by atoms with Gasteiger partial charge in [0.05, 0.1) is 32.2 Å². The predicted octanol–water partition coefficient (Wildman–Crippen LogP) is 3.57. The van der Waals surface area contributed by atoms with Crippen molar-refractivity contribution < 1.29 is 27.8 Å². The third-order valence-electron chi connectivity index (χ3n) is 5.46. The van der Waals surface area contributed by atoms with Gasteiger partial charge in [-0.3, -0.25) is 9.59 Å². The lowest BCUT2D eigenvalue weighted by Gasteiger charge is -2.16.